The van der Waals surface area contributed by atoms with Crippen LogP contribution in [0.3, 0.4) is 0 Å². The molecule has 1 aromatic rings. The van der Waals surface area contributed by atoms with E-state index in [0.717, 1.165) is 6.42 Å². The molecular formula is C11H20N4O3S. The summed E-state index contributed by atoms with van der Waals surface area (Å²) in [6.45, 7) is 6.07. The van der Waals surface area contributed by atoms with Gasteiger partial charge >= 0.3 is 5.69 Å². The van der Waals surface area contributed by atoms with Crippen molar-refractivity contribution in [1.82, 2.24) is 9.78 Å². The zero-order chi connectivity index (χ0) is 14.6. The average Bonchev–Trinajstić information content (AvgIpc) is 2.54. The number of nitro groups is 1. The number of nitrogens with zero attached hydrogens (tertiary/aromatic N) is 3. The molecule has 2 unspecified atom stereocenters. The van der Waals surface area contributed by atoms with Crippen LogP contribution in [0.5, 0.6) is 0 Å². The maximum absolute atomic E-state index is 11.2. The van der Waals surface area contributed by atoms with Crippen molar-refractivity contribution in [1.29, 1.82) is 0 Å². The average molecular weight is 288 g/mol. The van der Waals surface area contributed by atoms with Crippen LogP contribution in [0.1, 0.15) is 26.0 Å². The highest BCUT2D eigenvalue weighted by Crippen LogP contribution is 2.28. The van der Waals surface area contributed by atoms with E-state index in [0.29, 0.717) is 23.8 Å². The highest BCUT2D eigenvalue weighted by Gasteiger charge is 2.26. The number of aryl methyl sites for hydroxylation is 2. The molecule has 1 heterocycles. The largest absolute Gasteiger partial charge is 0.361 e. The molecule has 0 radical (unpaired) electrons. The first-order valence-electron chi connectivity index (χ1n) is 6.15. The van der Waals surface area contributed by atoms with Gasteiger partial charge < -0.3 is 5.32 Å². The summed E-state index contributed by atoms with van der Waals surface area (Å²) in [7, 11) is -0.952. The molecule has 1 N–H and O–H groups in total. The molecule has 2 atom stereocenters. The third-order valence-electron chi connectivity index (χ3n) is 2.58. The van der Waals surface area contributed by atoms with Gasteiger partial charge in [0.15, 0.2) is 0 Å². The molecule has 0 fully saturated rings. The first-order chi connectivity index (χ1) is 8.86. The fraction of sp³-hybridized carbons (Fsp3) is 0.727. The molecule has 0 aliphatic carbocycles. The molecule has 0 bridgehead atoms. The maximum atomic E-state index is 11.2. The topological polar surface area (TPSA) is 90.1 Å². The summed E-state index contributed by atoms with van der Waals surface area (Å²) < 4.78 is 12.8. The van der Waals surface area contributed by atoms with E-state index in [9.17, 15) is 14.3 Å². The van der Waals surface area contributed by atoms with Crippen molar-refractivity contribution in [3.05, 3.63) is 15.8 Å². The van der Waals surface area contributed by atoms with Gasteiger partial charge in [0.2, 0.25) is 5.82 Å². The van der Waals surface area contributed by atoms with E-state index < -0.39 is 15.7 Å². The summed E-state index contributed by atoms with van der Waals surface area (Å²) >= 11 is 0. The van der Waals surface area contributed by atoms with Gasteiger partial charge in [-0.15, -0.1) is 0 Å². The van der Waals surface area contributed by atoms with Crippen molar-refractivity contribution in [2.24, 2.45) is 0 Å². The number of hydrogen-bond acceptors (Lipinski definition) is 5. The summed E-state index contributed by atoms with van der Waals surface area (Å²) in [5.74, 6) is 0.843. The Morgan fingerprint density at radius 3 is 2.68 bits per heavy atom. The Hall–Kier alpha value is -1.44. The van der Waals surface area contributed by atoms with Crippen molar-refractivity contribution in [2.75, 3.05) is 17.3 Å². The fourth-order valence-corrected chi connectivity index (χ4v) is 2.72. The first-order valence-corrected chi connectivity index (χ1v) is 7.87. The molecule has 0 aliphatic heterocycles. The van der Waals surface area contributed by atoms with Crippen LogP contribution >= 0.6 is 0 Å². The van der Waals surface area contributed by atoms with Crippen LogP contribution in [-0.2, 0) is 17.3 Å². The van der Waals surface area contributed by atoms with Gasteiger partial charge in [-0.2, -0.15) is 5.10 Å². The Balaban J connectivity index is 3.07. The van der Waals surface area contributed by atoms with Crippen LogP contribution in [0.25, 0.3) is 0 Å². The molecule has 7 nitrogen and oxygen atoms in total. The molecule has 8 heteroatoms. The van der Waals surface area contributed by atoms with E-state index in [-0.39, 0.29) is 11.7 Å². The molecule has 19 heavy (non-hydrogen) atoms. The van der Waals surface area contributed by atoms with Gasteiger partial charge in [-0.25, -0.2) is 4.68 Å². The number of hydrogen-bond donors (Lipinski definition) is 1. The van der Waals surface area contributed by atoms with Crippen molar-refractivity contribution in [3.63, 3.8) is 0 Å². The second-order valence-electron chi connectivity index (χ2n) is 4.55. The Bertz CT molecular complexity index is 487. The van der Waals surface area contributed by atoms with Crippen molar-refractivity contribution < 1.29 is 9.13 Å². The van der Waals surface area contributed by atoms with E-state index in [1.54, 1.807) is 17.9 Å². The van der Waals surface area contributed by atoms with Crippen molar-refractivity contribution >= 4 is 22.3 Å². The third kappa shape index (κ3) is 4.02. The molecule has 108 valence electrons. The van der Waals surface area contributed by atoms with E-state index in [1.807, 2.05) is 13.8 Å². The van der Waals surface area contributed by atoms with Crippen LogP contribution < -0.4 is 5.32 Å². The Labute approximate surface area is 115 Å². The predicted molar refractivity (Wildman–Crippen MR) is 75.9 cm³/mol. The highest BCUT2D eigenvalue weighted by atomic mass is 32.2. The third-order valence-corrected chi connectivity index (χ3v) is 3.55. The molecule has 0 saturated carbocycles. The molecule has 0 saturated heterocycles. The van der Waals surface area contributed by atoms with Crippen LogP contribution in [-0.4, -0.2) is 37.0 Å². The number of aromatic nitrogens is 2. The summed E-state index contributed by atoms with van der Waals surface area (Å²) in [6.07, 6.45) is 2.45. The summed E-state index contributed by atoms with van der Waals surface area (Å²) in [5.41, 5.74) is 0.396. The lowest BCUT2D eigenvalue weighted by molar-refractivity contribution is -0.384. The summed E-state index contributed by atoms with van der Waals surface area (Å²) in [6, 6.07) is -0.115. The lowest BCUT2D eigenvalue weighted by atomic mass is 10.3. The number of anilines is 1. The van der Waals surface area contributed by atoms with Crippen molar-refractivity contribution in [2.45, 2.75) is 39.8 Å². The molecule has 0 spiro atoms. The molecule has 0 amide bonds. The van der Waals surface area contributed by atoms with Gasteiger partial charge in [0.25, 0.3) is 0 Å². The van der Waals surface area contributed by atoms with Crippen LogP contribution in [0.4, 0.5) is 11.5 Å². The zero-order valence-corrected chi connectivity index (χ0v) is 12.5. The molecule has 1 aromatic heterocycles. The maximum Gasteiger partial charge on any atom is 0.333 e. The summed E-state index contributed by atoms with van der Waals surface area (Å²) in [4.78, 5) is 10.7. The Kier molecular flexibility index (Phi) is 5.46. The first kappa shape index (κ1) is 15.6. The smallest absolute Gasteiger partial charge is 0.333 e. The standard InChI is InChI=1S/C11H20N4O3S/c1-5-6-14-11(12-8(2)7-19(4)18)10(15(16)17)9(3)13-14/h8,12H,5-7H2,1-4H3. The predicted octanol–water partition coefficient (Wildman–Crippen LogP) is 1.69. The Morgan fingerprint density at radius 2 is 2.21 bits per heavy atom. The molecule has 1 rings (SSSR count). The quantitative estimate of drug-likeness (QED) is 0.609. The molecule has 0 aliphatic rings. The summed E-state index contributed by atoms with van der Waals surface area (Å²) in [5, 5.41) is 18.4. The zero-order valence-electron chi connectivity index (χ0n) is 11.7. The minimum atomic E-state index is -0.952. The van der Waals surface area contributed by atoms with Gasteiger partial charge in [0.05, 0.1) is 4.92 Å². The van der Waals surface area contributed by atoms with Gasteiger partial charge in [0, 0.05) is 35.4 Å². The normalized spacial score (nSPS) is 14.1. The van der Waals surface area contributed by atoms with E-state index >= 15 is 0 Å². The van der Waals surface area contributed by atoms with Crippen molar-refractivity contribution in [3.8, 4) is 0 Å². The minimum Gasteiger partial charge on any atom is -0.361 e. The van der Waals surface area contributed by atoms with Gasteiger partial charge in [0.1, 0.15) is 5.69 Å². The van der Waals surface area contributed by atoms with E-state index in [4.69, 9.17) is 0 Å². The monoisotopic (exact) mass is 288 g/mol. The highest BCUT2D eigenvalue weighted by molar-refractivity contribution is 7.84. The van der Waals surface area contributed by atoms with E-state index in [1.165, 1.54) is 0 Å². The van der Waals surface area contributed by atoms with Gasteiger partial charge in [-0.05, 0) is 20.3 Å². The van der Waals surface area contributed by atoms with Gasteiger partial charge in [-0.3, -0.25) is 14.3 Å². The Morgan fingerprint density at radius 1 is 1.58 bits per heavy atom. The fourth-order valence-electron chi connectivity index (χ4n) is 1.93. The van der Waals surface area contributed by atoms with Crippen LogP contribution in [0.2, 0.25) is 0 Å². The lowest BCUT2D eigenvalue weighted by Gasteiger charge is -2.14. The van der Waals surface area contributed by atoms with E-state index in [2.05, 4.69) is 10.4 Å². The van der Waals surface area contributed by atoms with Crippen LogP contribution in [0, 0.1) is 17.0 Å². The molecule has 0 aromatic carbocycles. The number of nitrogens with one attached hydrogen (secondary N) is 1. The van der Waals surface area contributed by atoms with Gasteiger partial charge in [-0.1, -0.05) is 6.92 Å². The minimum absolute atomic E-state index is 0.00202. The SMILES string of the molecule is CCCn1nc(C)c([N+](=O)[O-])c1NC(C)CS(C)=O. The second-order valence-corrected chi connectivity index (χ2v) is 6.03. The lowest BCUT2D eigenvalue weighted by Crippen LogP contribution is -2.24. The second kappa shape index (κ2) is 6.65. The molecular weight excluding hydrogens is 268 g/mol. The number of rotatable bonds is 7. The van der Waals surface area contributed by atoms with Crippen LogP contribution in [0.15, 0.2) is 0 Å².